The largest absolute Gasteiger partial charge is 0.459 e. The molecule has 150 valence electrons. The van der Waals surface area contributed by atoms with E-state index in [4.69, 9.17) is 4.74 Å². The SMILES string of the molecule is CCc1cnc(OC2CCCN(S(=O)(=O)c3ccc4c(c3)CCCC4)C2)nc1. The number of aromatic nitrogens is 2. The molecule has 0 amide bonds. The Bertz CT molecular complexity index is 928. The van der Waals surface area contributed by atoms with Crippen LogP contribution < -0.4 is 4.74 Å². The van der Waals surface area contributed by atoms with Crippen molar-refractivity contribution in [2.24, 2.45) is 0 Å². The first-order valence-corrected chi connectivity index (χ1v) is 11.6. The van der Waals surface area contributed by atoms with Crippen LogP contribution in [0.3, 0.4) is 0 Å². The number of nitrogens with zero attached hydrogens (tertiary/aromatic N) is 3. The van der Waals surface area contributed by atoms with Gasteiger partial charge in [0, 0.05) is 18.9 Å². The lowest BCUT2D eigenvalue weighted by atomic mass is 9.92. The van der Waals surface area contributed by atoms with E-state index in [1.807, 2.05) is 19.1 Å². The average Bonchev–Trinajstić information content (AvgIpc) is 2.74. The van der Waals surface area contributed by atoms with Gasteiger partial charge in [0.1, 0.15) is 6.10 Å². The minimum Gasteiger partial charge on any atom is -0.459 e. The average molecular weight is 402 g/mol. The molecule has 1 saturated heterocycles. The molecule has 2 aliphatic rings. The van der Waals surface area contributed by atoms with Gasteiger partial charge >= 0.3 is 6.01 Å². The summed E-state index contributed by atoms with van der Waals surface area (Å²) in [7, 11) is -3.52. The topological polar surface area (TPSA) is 72.4 Å². The molecule has 7 heteroatoms. The third-order valence-electron chi connectivity index (χ3n) is 5.66. The molecule has 1 unspecified atom stereocenters. The van der Waals surface area contributed by atoms with Gasteiger partial charge in [-0.1, -0.05) is 13.0 Å². The van der Waals surface area contributed by atoms with E-state index >= 15 is 0 Å². The fraction of sp³-hybridized carbons (Fsp3) is 0.524. The van der Waals surface area contributed by atoms with E-state index in [1.54, 1.807) is 22.8 Å². The van der Waals surface area contributed by atoms with Crippen LogP contribution in [-0.2, 0) is 29.3 Å². The molecule has 1 aromatic carbocycles. The third-order valence-corrected chi connectivity index (χ3v) is 7.52. The maximum absolute atomic E-state index is 13.2. The lowest BCUT2D eigenvalue weighted by Crippen LogP contribution is -2.44. The molecule has 4 rings (SSSR count). The molecule has 1 aliphatic heterocycles. The molecule has 0 N–H and O–H groups in total. The number of benzene rings is 1. The summed E-state index contributed by atoms with van der Waals surface area (Å²) in [6.07, 6.45) is 10.1. The Morgan fingerprint density at radius 2 is 1.86 bits per heavy atom. The summed E-state index contributed by atoms with van der Waals surface area (Å²) in [6.45, 7) is 2.90. The highest BCUT2D eigenvalue weighted by Gasteiger charge is 2.32. The highest BCUT2D eigenvalue weighted by atomic mass is 32.2. The zero-order valence-corrected chi connectivity index (χ0v) is 17.1. The van der Waals surface area contributed by atoms with Crippen LogP contribution >= 0.6 is 0 Å². The minimum absolute atomic E-state index is 0.228. The number of piperidine rings is 1. The smallest absolute Gasteiger partial charge is 0.316 e. The van der Waals surface area contributed by atoms with Crippen molar-refractivity contribution in [2.45, 2.75) is 62.9 Å². The molecule has 28 heavy (non-hydrogen) atoms. The number of fused-ring (bicyclic) bond motifs is 1. The summed E-state index contributed by atoms with van der Waals surface area (Å²) in [5, 5.41) is 0. The van der Waals surface area contributed by atoms with Crippen LogP contribution in [0.25, 0.3) is 0 Å². The van der Waals surface area contributed by atoms with Crippen LogP contribution in [0.2, 0.25) is 0 Å². The molecule has 2 aromatic rings. The number of hydrogen-bond acceptors (Lipinski definition) is 5. The summed E-state index contributed by atoms with van der Waals surface area (Å²) >= 11 is 0. The van der Waals surface area contributed by atoms with Crippen molar-refractivity contribution in [3.63, 3.8) is 0 Å². The second-order valence-electron chi connectivity index (χ2n) is 7.61. The van der Waals surface area contributed by atoms with Crippen molar-refractivity contribution in [2.75, 3.05) is 13.1 Å². The van der Waals surface area contributed by atoms with Gasteiger partial charge < -0.3 is 4.74 Å². The molecule has 0 radical (unpaired) electrons. The number of hydrogen-bond donors (Lipinski definition) is 0. The van der Waals surface area contributed by atoms with E-state index in [1.165, 1.54) is 17.5 Å². The first-order chi connectivity index (χ1) is 13.6. The molecule has 1 atom stereocenters. The van der Waals surface area contributed by atoms with Gasteiger partial charge in [-0.2, -0.15) is 4.31 Å². The van der Waals surface area contributed by atoms with Gasteiger partial charge in [0.05, 0.1) is 11.4 Å². The predicted octanol–water partition coefficient (Wildman–Crippen LogP) is 3.15. The fourth-order valence-electron chi connectivity index (χ4n) is 3.97. The van der Waals surface area contributed by atoms with Crippen molar-refractivity contribution in [1.82, 2.24) is 14.3 Å². The predicted molar refractivity (Wildman–Crippen MR) is 107 cm³/mol. The van der Waals surface area contributed by atoms with Gasteiger partial charge in [0.2, 0.25) is 10.0 Å². The van der Waals surface area contributed by atoms with Crippen molar-refractivity contribution in [3.8, 4) is 6.01 Å². The Morgan fingerprint density at radius 3 is 2.61 bits per heavy atom. The minimum atomic E-state index is -3.52. The summed E-state index contributed by atoms with van der Waals surface area (Å²) in [5.74, 6) is 0. The molecular weight excluding hydrogens is 374 g/mol. The monoisotopic (exact) mass is 401 g/mol. The van der Waals surface area contributed by atoms with E-state index in [0.29, 0.717) is 24.0 Å². The Morgan fingerprint density at radius 1 is 1.11 bits per heavy atom. The number of sulfonamides is 1. The molecule has 1 aliphatic carbocycles. The third kappa shape index (κ3) is 4.05. The van der Waals surface area contributed by atoms with Crippen molar-refractivity contribution < 1.29 is 13.2 Å². The maximum Gasteiger partial charge on any atom is 0.316 e. The van der Waals surface area contributed by atoms with Crippen LogP contribution in [0.15, 0.2) is 35.5 Å². The van der Waals surface area contributed by atoms with Crippen LogP contribution in [0.5, 0.6) is 6.01 Å². The Labute approximate surface area is 167 Å². The van der Waals surface area contributed by atoms with E-state index < -0.39 is 10.0 Å². The molecule has 1 aromatic heterocycles. The molecule has 0 spiro atoms. The van der Waals surface area contributed by atoms with Crippen LogP contribution in [0.1, 0.15) is 49.3 Å². The lowest BCUT2D eigenvalue weighted by molar-refractivity contribution is 0.119. The lowest BCUT2D eigenvalue weighted by Gasteiger charge is -2.31. The highest BCUT2D eigenvalue weighted by molar-refractivity contribution is 7.89. The van der Waals surface area contributed by atoms with E-state index in [9.17, 15) is 8.42 Å². The number of ether oxygens (including phenoxy) is 1. The van der Waals surface area contributed by atoms with Crippen LogP contribution in [0.4, 0.5) is 0 Å². The molecule has 1 fully saturated rings. The van der Waals surface area contributed by atoms with E-state index in [2.05, 4.69) is 9.97 Å². The van der Waals surface area contributed by atoms with E-state index in [-0.39, 0.29) is 6.10 Å². The summed E-state index contributed by atoms with van der Waals surface area (Å²) in [4.78, 5) is 8.87. The van der Waals surface area contributed by atoms with Crippen LogP contribution in [0, 0.1) is 0 Å². The maximum atomic E-state index is 13.2. The van der Waals surface area contributed by atoms with Gasteiger partial charge in [-0.15, -0.1) is 0 Å². The second kappa shape index (κ2) is 8.17. The summed E-state index contributed by atoms with van der Waals surface area (Å²) in [6, 6.07) is 5.94. The standard InChI is InChI=1S/C21H27N3O3S/c1-2-16-13-22-21(23-14-16)27-19-8-5-11-24(15-19)28(25,26)20-10-9-17-6-3-4-7-18(17)12-20/h9-10,12-14,19H,2-8,11,15H2,1H3. The Kier molecular flexibility index (Phi) is 5.64. The summed E-state index contributed by atoms with van der Waals surface area (Å²) in [5.41, 5.74) is 3.52. The van der Waals surface area contributed by atoms with Gasteiger partial charge in [-0.25, -0.2) is 18.4 Å². The summed E-state index contributed by atoms with van der Waals surface area (Å²) < 4.78 is 33.8. The zero-order chi connectivity index (χ0) is 19.6. The van der Waals surface area contributed by atoms with Crippen molar-refractivity contribution in [3.05, 3.63) is 47.3 Å². The number of rotatable bonds is 5. The molecular formula is C21H27N3O3S. The first kappa shape index (κ1) is 19.3. The normalized spacial score (nSPS) is 20.5. The van der Waals surface area contributed by atoms with Gasteiger partial charge in [0.15, 0.2) is 0 Å². The molecule has 0 bridgehead atoms. The van der Waals surface area contributed by atoms with Crippen molar-refractivity contribution in [1.29, 1.82) is 0 Å². The van der Waals surface area contributed by atoms with Gasteiger partial charge in [-0.3, -0.25) is 0 Å². The van der Waals surface area contributed by atoms with Crippen molar-refractivity contribution >= 4 is 10.0 Å². The molecule has 2 heterocycles. The first-order valence-electron chi connectivity index (χ1n) is 10.2. The zero-order valence-electron chi connectivity index (χ0n) is 16.3. The van der Waals surface area contributed by atoms with E-state index in [0.717, 1.165) is 44.1 Å². The van der Waals surface area contributed by atoms with Gasteiger partial charge in [-0.05, 0) is 73.8 Å². The Hall–Kier alpha value is -1.99. The second-order valence-corrected chi connectivity index (χ2v) is 9.55. The number of aryl methyl sites for hydroxylation is 3. The van der Waals surface area contributed by atoms with Crippen LogP contribution in [-0.4, -0.2) is 41.9 Å². The Balaban J connectivity index is 1.48. The highest BCUT2D eigenvalue weighted by Crippen LogP contribution is 2.27. The quantitative estimate of drug-likeness (QED) is 0.770. The molecule has 0 saturated carbocycles. The fourth-order valence-corrected chi connectivity index (χ4v) is 5.54. The van der Waals surface area contributed by atoms with Gasteiger partial charge in [0.25, 0.3) is 0 Å². The molecule has 6 nitrogen and oxygen atoms in total.